The SMILES string of the molecule is COCC(=O)N1CC=C(c2cnc(N)c(-c3nc4ccccc4[nH]3)n2)CC1.[HH].[HH]. The van der Waals surface area contributed by atoms with Crippen LogP contribution >= 0.6 is 0 Å². The topological polar surface area (TPSA) is 110 Å². The fourth-order valence-electron chi connectivity index (χ4n) is 3.14. The zero-order valence-electron chi connectivity index (χ0n) is 15.0. The number of ether oxygens (including phenoxy) is 1. The number of anilines is 1. The molecule has 3 N–H and O–H groups in total. The summed E-state index contributed by atoms with van der Waals surface area (Å²) in [5, 5.41) is 0. The summed E-state index contributed by atoms with van der Waals surface area (Å²) in [6.45, 7) is 1.25. The summed E-state index contributed by atoms with van der Waals surface area (Å²) in [4.78, 5) is 30.5. The Hall–Kier alpha value is -3.26. The summed E-state index contributed by atoms with van der Waals surface area (Å²) in [5.41, 5.74) is 10.1. The van der Waals surface area contributed by atoms with Gasteiger partial charge >= 0.3 is 0 Å². The summed E-state index contributed by atoms with van der Waals surface area (Å²) >= 11 is 0. The first kappa shape index (κ1) is 17.2. The molecule has 0 saturated heterocycles. The molecule has 0 atom stereocenters. The molecule has 1 aliphatic rings. The van der Waals surface area contributed by atoms with Crippen LogP contribution in [-0.4, -0.2) is 57.5 Å². The molecule has 0 bridgehead atoms. The summed E-state index contributed by atoms with van der Waals surface area (Å²) in [7, 11) is 1.52. The van der Waals surface area contributed by atoms with Crippen molar-refractivity contribution in [3.8, 4) is 11.5 Å². The van der Waals surface area contributed by atoms with Crippen LogP contribution in [0.5, 0.6) is 0 Å². The predicted molar refractivity (Wildman–Crippen MR) is 107 cm³/mol. The average molecular weight is 368 g/mol. The molecule has 1 aliphatic heterocycles. The van der Waals surface area contributed by atoms with E-state index < -0.39 is 0 Å². The highest BCUT2D eigenvalue weighted by atomic mass is 16.5. The lowest BCUT2D eigenvalue weighted by Gasteiger charge is -2.26. The number of carbonyl (C=O) groups is 1. The molecule has 8 nitrogen and oxygen atoms in total. The molecule has 0 unspecified atom stereocenters. The monoisotopic (exact) mass is 368 g/mol. The third-order valence-electron chi connectivity index (χ3n) is 4.57. The van der Waals surface area contributed by atoms with Gasteiger partial charge in [-0.1, -0.05) is 18.2 Å². The van der Waals surface area contributed by atoms with Crippen molar-refractivity contribution in [2.24, 2.45) is 0 Å². The largest absolute Gasteiger partial charge is 0.382 e. The number of fused-ring (bicyclic) bond motifs is 1. The average Bonchev–Trinajstić information content (AvgIpc) is 3.12. The maximum absolute atomic E-state index is 11.9. The Morgan fingerprint density at radius 3 is 2.96 bits per heavy atom. The fourth-order valence-corrected chi connectivity index (χ4v) is 3.14. The Kier molecular flexibility index (Phi) is 4.55. The van der Waals surface area contributed by atoms with Gasteiger partial charge in [-0.2, -0.15) is 0 Å². The summed E-state index contributed by atoms with van der Waals surface area (Å²) in [5.74, 6) is 0.904. The van der Waals surface area contributed by atoms with Gasteiger partial charge in [-0.05, 0) is 24.1 Å². The highest BCUT2D eigenvalue weighted by molar-refractivity contribution is 5.81. The van der Waals surface area contributed by atoms with Crippen LogP contribution in [-0.2, 0) is 9.53 Å². The number of nitrogens with one attached hydrogen (secondary N) is 1. The molecule has 0 spiro atoms. The number of aromatic amines is 1. The van der Waals surface area contributed by atoms with Crippen molar-refractivity contribution in [3.05, 3.63) is 42.2 Å². The molecule has 142 valence electrons. The molecular formula is C19H24N6O2. The number of benzene rings is 1. The Morgan fingerprint density at radius 2 is 2.22 bits per heavy atom. The van der Waals surface area contributed by atoms with E-state index >= 15 is 0 Å². The Balaban J connectivity index is 0.00000150. The molecule has 3 heterocycles. The van der Waals surface area contributed by atoms with Gasteiger partial charge in [0.05, 0.1) is 22.9 Å². The van der Waals surface area contributed by atoms with E-state index in [1.807, 2.05) is 30.3 Å². The van der Waals surface area contributed by atoms with Gasteiger partial charge in [-0.3, -0.25) is 4.79 Å². The number of nitrogens with zero attached hydrogens (tertiary/aromatic N) is 4. The molecule has 0 fully saturated rings. The second kappa shape index (κ2) is 7.16. The van der Waals surface area contributed by atoms with Crippen molar-refractivity contribution in [3.63, 3.8) is 0 Å². The second-order valence-electron chi connectivity index (χ2n) is 6.34. The first-order valence-electron chi connectivity index (χ1n) is 8.69. The molecule has 0 saturated carbocycles. The number of hydrogen-bond acceptors (Lipinski definition) is 6. The van der Waals surface area contributed by atoms with E-state index in [9.17, 15) is 4.79 Å². The number of imidazole rings is 1. The Morgan fingerprint density at radius 1 is 1.37 bits per heavy atom. The van der Waals surface area contributed by atoms with Gasteiger partial charge in [0.25, 0.3) is 0 Å². The predicted octanol–water partition coefficient (Wildman–Crippen LogP) is 2.36. The van der Waals surface area contributed by atoms with E-state index in [1.165, 1.54) is 7.11 Å². The smallest absolute Gasteiger partial charge is 0.248 e. The van der Waals surface area contributed by atoms with Crippen molar-refractivity contribution in [1.29, 1.82) is 0 Å². The highest BCUT2D eigenvalue weighted by Gasteiger charge is 2.20. The third-order valence-corrected chi connectivity index (χ3v) is 4.57. The maximum Gasteiger partial charge on any atom is 0.248 e. The van der Waals surface area contributed by atoms with Crippen molar-refractivity contribution >= 4 is 28.3 Å². The van der Waals surface area contributed by atoms with E-state index in [-0.39, 0.29) is 15.4 Å². The van der Waals surface area contributed by atoms with Crippen molar-refractivity contribution in [2.45, 2.75) is 6.42 Å². The van der Waals surface area contributed by atoms with E-state index in [0.29, 0.717) is 36.8 Å². The first-order chi connectivity index (χ1) is 13.2. The maximum atomic E-state index is 11.9. The minimum atomic E-state index is -0.0147. The lowest BCUT2D eigenvalue weighted by atomic mass is 10.0. The summed E-state index contributed by atoms with van der Waals surface area (Å²) < 4.78 is 4.91. The number of H-pyrrole nitrogens is 1. The normalized spacial score (nSPS) is 14.4. The minimum Gasteiger partial charge on any atom is -0.382 e. The van der Waals surface area contributed by atoms with Crippen LogP contribution in [0.1, 0.15) is 15.0 Å². The van der Waals surface area contributed by atoms with Gasteiger partial charge < -0.3 is 20.4 Å². The summed E-state index contributed by atoms with van der Waals surface area (Å²) in [6.07, 6.45) is 4.37. The lowest BCUT2D eigenvalue weighted by molar-refractivity contribution is -0.134. The van der Waals surface area contributed by atoms with Crippen LogP contribution in [0, 0.1) is 0 Å². The molecule has 4 rings (SSSR count). The number of aromatic nitrogens is 4. The van der Waals surface area contributed by atoms with Gasteiger partial charge in [0, 0.05) is 23.1 Å². The number of nitrogens with two attached hydrogens (primary N) is 1. The molecule has 1 amide bonds. The number of nitrogen functional groups attached to an aromatic ring is 1. The van der Waals surface area contributed by atoms with Gasteiger partial charge in [0.15, 0.2) is 11.6 Å². The van der Waals surface area contributed by atoms with Crippen LogP contribution in [0.2, 0.25) is 0 Å². The van der Waals surface area contributed by atoms with Gasteiger partial charge in [-0.15, -0.1) is 0 Å². The molecule has 1 aromatic carbocycles. The summed E-state index contributed by atoms with van der Waals surface area (Å²) in [6, 6.07) is 7.76. The van der Waals surface area contributed by atoms with Crippen LogP contribution in [0.4, 0.5) is 5.82 Å². The molecular weight excluding hydrogens is 344 g/mol. The zero-order chi connectivity index (χ0) is 18.8. The van der Waals surface area contributed by atoms with Crippen molar-refractivity contribution in [2.75, 3.05) is 32.5 Å². The number of carbonyl (C=O) groups excluding carboxylic acids is 1. The quantitative estimate of drug-likeness (QED) is 0.731. The van der Waals surface area contributed by atoms with Gasteiger partial charge in [-0.25, -0.2) is 15.0 Å². The minimum absolute atomic E-state index is 0. The molecule has 2 aromatic heterocycles. The first-order valence-corrected chi connectivity index (χ1v) is 8.69. The molecule has 0 radical (unpaired) electrons. The number of methoxy groups -OCH3 is 1. The highest BCUT2D eigenvalue weighted by Crippen LogP contribution is 2.26. The van der Waals surface area contributed by atoms with E-state index in [4.69, 9.17) is 15.5 Å². The molecule has 8 heteroatoms. The van der Waals surface area contributed by atoms with Crippen LogP contribution < -0.4 is 5.73 Å². The van der Waals surface area contributed by atoms with Crippen molar-refractivity contribution in [1.82, 2.24) is 24.8 Å². The lowest BCUT2D eigenvalue weighted by Crippen LogP contribution is -2.37. The molecule has 27 heavy (non-hydrogen) atoms. The second-order valence-corrected chi connectivity index (χ2v) is 6.34. The standard InChI is InChI=1S/C19H20N6O2.2H2/c1-27-11-16(26)25-8-6-12(7-9-25)15-10-21-18(20)17(22-15)19-23-13-4-2-3-5-14(13)24-19;;/h2-6,10H,7-9,11H2,1H3,(H2,20,21)(H,23,24);2*1H. The Bertz CT molecular complexity index is 1000. The molecule has 3 aromatic rings. The Labute approximate surface area is 159 Å². The number of para-hydroxylation sites is 2. The van der Waals surface area contributed by atoms with Gasteiger partial charge in [0.1, 0.15) is 12.3 Å². The zero-order valence-corrected chi connectivity index (χ0v) is 15.0. The number of rotatable bonds is 4. The van der Waals surface area contributed by atoms with Crippen LogP contribution in [0.3, 0.4) is 0 Å². The number of amides is 1. The van der Waals surface area contributed by atoms with E-state index in [1.54, 1.807) is 11.1 Å². The van der Waals surface area contributed by atoms with Crippen molar-refractivity contribution < 1.29 is 12.4 Å². The van der Waals surface area contributed by atoms with E-state index in [2.05, 4.69) is 15.0 Å². The van der Waals surface area contributed by atoms with E-state index in [0.717, 1.165) is 22.3 Å². The third kappa shape index (κ3) is 3.39. The van der Waals surface area contributed by atoms with Gasteiger partial charge in [0.2, 0.25) is 5.91 Å². The van der Waals surface area contributed by atoms with Crippen LogP contribution in [0.15, 0.2) is 36.5 Å². The molecule has 0 aliphatic carbocycles. The van der Waals surface area contributed by atoms with Crippen LogP contribution in [0.25, 0.3) is 28.1 Å². The number of hydrogen-bond donors (Lipinski definition) is 2. The fraction of sp³-hybridized carbons (Fsp3) is 0.263.